The minimum absolute atomic E-state index is 0.0783. The van der Waals surface area contributed by atoms with Crippen molar-refractivity contribution in [1.29, 1.82) is 0 Å². The van der Waals surface area contributed by atoms with Crippen molar-refractivity contribution in [3.8, 4) is 11.1 Å². The fourth-order valence-electron chi connectivity index (χ4n) is 4.73. The van der Waals surface area contributed by atoms with Gasteiger partial charge in [0.05, 0.1) is 0 Å². The molecule has 2 amide bonds. The topological polar surface area (TPSA) is 95.9 Å². The summed E-state index contributed by atoms with van der Waals surface area (Å²) < 4.78 is 5.55. The lowest BCUT2D eigenvalue weighted by Gasteiger charge is -2.38. The average molecular weight is 437 g/mol. The van der Waals surface area contributed by atoms with Gasteiger partial charge >= 0.3 is 12.1 Å². The van der Waals surface area contributed by atoms with Gasteiger partial charge in [-0.15, -0.1) is 0 Å². The predicted octanol–water partition coefficient (Wildman–Crippen LogP) is 3.77. The highest BCUT2D eigenvalue weighted by Crippen LogP contribution is 2.44. The van der Waals surface area contributed by atoms with Crippen LogP contribution in [0.15, 0.2) is 48.5 Å². The molecule has 7 heteroatoms. The summed E-state index contributed by atoms with van der Waals surface area (Å²) in [6.07, 6.45) is 1.23. The third kappa shape index (κ3) is 4.07. The molecule has 1 atom stereocenters. The first kappa shape index (κ1) is 21.9. The molecule has 1 heterocycles. The van der Waals surface area contributed by atoms with E-state index in [9.17, 15) is 19.5 Å². The van der Waals surface area contributed by atoms with Crippen molar-refractivity contribution in [3.63, 3.8) is 0 Å². The zero-order valence-corrected chi connectivity index (χ0v) is 18.3. The van der Waals surface area contributed by atoms with Gasteiger partial charge in [0.2, 0.25) is 5.91 Å². The lowest BCUT2D eigenvalue weighted by Crippen LogP contribution is -2.60. The molecule has 2 aromatic rings. The monoisotopic (exact) mass is 436 g/mol. The number of nitrogens with one attached hydrogen (secondary N) is 1. The van der Waals surface area contributed by atoms with Gasteiger partial charge in [0, 0.05) is 12.5 Å². The number of benzene rings is 2. The first-order valence-electron chi connectivity index (χ1n) is 11.0. The number of rotatable bonds is 5. The van der Waals surface area contributed by atoms with E-state index >= 15 is 0 Å². The maximum atomic E-state index is 13.1. The highest BCUT2D eigenvalue weighted by molar-refractivity contribution is 5.92. The van der Waals surface area contributed by atoms with Gasteiger partial charge in [0.25, 0.3) is 0 Å². The zero-order chi connectivity index (χ0) is 22.9. The first-order chi connectivity index (χ1) is 15.3. The zero-order valence-electron chi connectivity index (χ0n) is 18.3. The number of likely N-dealkylation sites (tertiary alicyclic amines) is 1. The van der Waals surface area contributed by atoms with Gasteiger partial charge < -0.3 is 20.1 Å². The van der Waals surface area contributed by atoms with Crippen molar-refractivity contribution in [3.05, 3.63) is 59.7 Å². The van der Waals surface area contributed by atoms with Gasteiger partial charge in [-0.2, -0.15) is 0 Å². The number of nitrogens with zero attached hydrogens (tertiary/aromatic N) is 1. The quantitative estimate of drug-likeness (QED) is 0.744. The standard InChI is InChI=1S/C25H28N2O5/c1-25(2,23(30)27-14-8-7-13-21(27)22(28)29)26-24(31)32-15-20-18-11-5-3-9-16(18)17-10-4-6-12-19(17)20/h3-6,9-12,20-21H,7-8,13-15H2,1-2H3,(H,26,31)(H,28,29)/t21-/m1/s1. The van der Waals surface area contributed by atoms with Gasteiger partial charge in [-0.1, -0.05) is 48.5 Å². The molecule has 7 nitrogen and oxygen atoms in total. The molecule has 1 fully saturated rings. The Hall–Kier alpha value is -3.35. The van der Waals surface area contributed by atoms with E-state index in [-0.39, 0.29) is 12.5 Å². The number of piperidine rings is 1. The van der Waals surface area contributed by atoms with Gasteiger partial charge in [-0.3, -0.25) is 4.79 Å². The van der Waals surface area contributed by atoms with Crippen molar-refractivity contribution in [2.45, 2.75) is 50.6 Å². The molecule has 0 bridgehead atoms. The molecule has 2 aliphatic rings. The summed E-state index contributed by atoms with van der Waals surface area (Å²) in [5.74, 6) is -1.52. The molecule has 0 radical (unpaired) electrons. The Morgan fingerprint density at radius 1 is 1.03 bits per heavy atom. The lowest BCUT2D eigenvalue weighted by atomic mass is 9.96. The van der Waals surface area contributed by atoms with Crippen molar-refractivity contribution in [2.24, 2.45) is 0 Å². The number of ether oxygens (including phenoxy) is 1. The largest absolute Gasteiger partial charge is 0.480 e. The Balaban J connectivity index is 1.43. The maximum Gasteiger partial charge on any atom is 0.408 e. The third-order valence-electron chi connectivity index (χ3n) is 6.34. The fourth-order valence-corrected chi connectivity index (χ4v) is 4.73. The van der Waals surface area contributed by atoms with Crippen LogP contribution in [0.4, 0.5) is 4.79 Å². The first-order valence-corrected chi connectivity index (χ1v) is 11.0. The summed E-state index contributed by atoms with van der Waals surface area (Å²) in [5.41, 5.74) is 3.20. The highest BCUT2D eigenvalue weighted by Gasteiger charge is 2.40. The van der Waals surface area contributed by atoms with Gasteiger partial charge in [-0.05, 0) is 55.4 Å². The van der Waals surface area contributed by atoms with Crippen molar-refractivity contribution in [2.75, 3.05) is 13.2 Å². The summed E-state index contributed by atoms with van der Waals surface area (Å²) in [5, 5.41) is 12.1. The van der Waals surface area contributed by atoms with Gasteiger partial charge in [0.15, 0.2) is 0 Å². The smallest absolute Gasteiger partial charge is 0.408 e. The van der Waals surface area contributed by atoms with E-state index in [1.165, 1.54) is 4.90 Å². The minimum atomic E-state index is -1.28. The maximum absolute atomic E-state index is 13.1. The Bertz CT molecular complexity index is 1000. The number of amides is 2. The Morgan fingerprint density at radius 2 is 1.62 bits per heavy atom. The van der Waals surface area contributed by atoms with E-state index in [0.29, 0.717) is 13.0 Å². The van der Waals surface area contributed by atoms with Gasteiger partial charge in [0.1, 0.15) is 18.2 Å². The molecule has 0 aromatic heterocycles. The van der Waals surface area contributed by atoms with Crippen LogP contribution in [0.5, 0.6) is 0 Å². The van der Waals surface area contributed by atoms with Crippen LogP contribution in [0.1, 0.15) is 50.2 Å². The second-order valence-corrected chi connectivity index (χ2v) is 8.92. The molecule has 0 unspecified atom stereocenters. The fraction of sp³-hybridized carbons (Fsp3) is 0.400. The van der Waals surface area contributed by atoms with E-state index in [2.05, 4.69) is 17.4 Å². The molecular formula is C25H28N2O5. The number of alkyl carbamates (subject to hydrolysis) is 1. The number of carbonyl (C=O) groups is 3. The molecular weight excluding hydrogens is 408 g/mol. The Kier molecular flexibility index (Phi) is 5.91. The Labute approximate surface area is 187 Å². The number of carboxylic acids is 1. The van der Waals surface area contributed by atoms with Crippen LogP contribution < -0.4 is 5.32 Å². The summed E-state index contributed by atoms with van der Waals surface area (Å²) in [4.78, 5) is 38.6. The number of hydrogen-bond donors (Lipinski definition) is 2. The molecule has 0 saturated carbocycles. The molecule has 1 aliphatic carbocycles. The molecule has 2 aromatic carbocycles. The summed E-state index contributed by atoms with van der Waals surface area (Å²) >= 11 is 0. The average Bonchev–Trinajstić information content (AvgIpc) is 3.10. The van der Waals surface area contributed by atoms with E-state index in [1.807, 2.05) is 36.4 Å². The summed E-state index contributed by atoms with van der Waals surface area (Å²) in [6, 6.07) is 15.3. The summed E-state index contributed by atoms with van der Waals surface area (Å²) in [7, 11) is 0. The van der Waals surface area contributed by atoms with E-state index < -0.39 is 29.6 Å². The highest BCUT2D eigenvalue weighted by atomic mass is 16.5. The van der Waals surface area contributed by atoms with Crippen LogP contribution in [0.3, 0.4) is 0 Å². The second-order valence-electron chi connectivity index (χ2n) is 8.92. The van der Waals surface area contributed by atoms with Gasteiger partial charge in [-0.25, -0.2) is 9.59 Å². The molecule has 168 valence electrons. The Morgan fingerprint density at radius 3 is 2.22 bits per heavy atom. The normalized spacial score (nSPS) is 17.9. The number of aliphatic carboxylic acids is 1. The van der Waals surface area contributed by atoms with E-state index in [4.69, 9.17) is 4.74 Å². The van der Waals surface area contributed by atoms with Crippen molar-refractivity contribution < 1.29 is 24.2 Å². The van der Waals surface area contributed by atoms with E-state index in [0.717, 1.165) is 35.1 Å². The molecule has 2 N–H and O–H groups in total. The molecule has 1 aliphatic heterocycles. The van der Waals surface area contributed by atoms with Crippen LogP contribution in [-0.2, 0) is 14.3 Å². The van der Waals surface area contributed by atoms with Crippen LogP contribution in [0.2, 0.25) is 0 Å². The molecule has 0 spiro atoms. The number of carboxylic acid groups (broad SMARTS) is 1. The molecule has 1 saturated heterocycles. The molecule has 32 heavy (non-hydrogen) atoms. The van der Waals surface area contributed by atoms with Crippen LogP contribution in [0, 0.1) is 0 Å². The number of carbonyl (C=O) groups excluding carboxylic acids is 2. The summed E-state index contributed by atoms with van der Waals surface area (Å²) in [6.45, 7) is 3.66. The third-order valence-corrected chi connectivity index (χ3v) is 6.34. The SMILES string of the molecule is CC(C)(NC(=O)OCC1c2ccccc2-c2ccccc21)C(=O)N1CCCC[C@@H]1C(=O)O. The van der Waals surface area contributed by atoms with Crippen LogP contribution in [-0.4, -0.2) is 52.7 Å². The molecule has 4 rings (SSSR count). The van der Waals surface area contributed by atoms with Crippen LogP contribution >= 0.6 is 0 Å². The number of hydrogen-bond acceptors (Lipinski definition) is 4. The predicted molar refractivity (Wildman–Crippen MR) is 119 cm³/mol. The number of fused-ring (bicyclic) bond motifs is 3. The van der Waals surface area contributed by atoms with Crippen LogP contribution in [0.25, 0.3) is 11.1 Å². The van der Waals surface area contributed by atoms with Crippen molar-refractivity contribution >= 4 is 18.0 Å². The van der Waals surface area contributed by atoms with Crippen molar-refractivity contribution in [1.82, 2.24) is 10.2 Å². The van der Waals surface area contributed by atoms with E-state index in [1.54, 1.807) is 13.8 Å². The lowest BCUT2D eigenvalue weighted by molar-refractivity contribution is -0.154. The minimum Gasteiger partial charge on any atom is -0.480 e. The second kappa shape index (κ2) is 8.65.